The topological polar surface area (TPSA) is 57.2 Å². The van der Waals surface area contributed by atoms with Crippen LogP contribution in [0.15, 0.2) is 0 Å². The third kappa shape index (κ3) is 60.2. The van der Waals surface area contributed by atoms with Gasteiger partial charge in [0.2, 0.25) is 0 Å². The van der Waals surface area contributed by atoms with Gasteiger partial charge in [0.05, 0.1) is 0 Å². The van der Waals surface area contributed by atoms with Crippen molar-refractivity contribution in [2.24, 2.45) is 0 Å². The quantitative estimate of drug-likeness (QED) is 0.423. The summed E-state index contributed by atoms with van der Waals surface area (Å²) < 4.78 is 9.56. The second kappa shape index (κ2) is 13.2. The first kappa shape index (κ1) is 17.6. The van der Waals surface area contributed by atoms with E-state index in [1.807, 2.05) is 0 Å². The summed E-state index contributed by atoms with van der Waals surface area (Å²) in [7, 11) is -0.611. The van der Waals surface area contributed by atoms with Crippen LogP contribution in [0.2, 0.25) is 0 Å². The average molecular weight is 188 g/mol. The summed E-state index contributed by atoms with van der Waals surface area (Å²) in [6.07, 6.45) is 4.13. The summed E-state index contributed by atoms with van der Waals surface area (Å²) in [6.45, 7) is 1.80. The van der Waals surface area contributed by atoms with Crippen LogP contribution >= 0.6 is 0 Å². The van der Waals surface area contributed by atoms with Crippen molar-refractivity contribution in [3.63, 3.8) is 0 Å². The van der Waals surface area contributed by atoms with Crippen molar-refractivity contribution in [2.75, 3.05) is 12.5 Å². The molecule has 0 heterocycles. The summed E-state index contributed by atoms with van der Waals surface area (Å²) in [4.78, 5) is 9.49. The second-order valence-electron chi connectivity index (χ2n) is 1.86. The van der Waals surface area contributed by atoms with Crippen molar-refractivity contribution in [2.45, 2.75) is 19.8 Å². The monoisotopic (exact) mass is 188 g/mol. The van der Waals surface area contributed by atoms with E-state index in [0.717, 1.165) is 0 Å². The number of carbonyl (C=O) groups is 1. The first-order valence-corrected chi connectivity index (χ1v) is 4.92. The van der Waals surface area contributed by atoms with E-state index in [1.165, 1.54) is 0 Å². The molecular formula is C6H13NaO3S. The Balaban J connectivity index is -0.000000114. The van der Waals surface area contributed by atoms with Crippen LogP contribution in [-0.2, 0) is 15.6 Å². The number of carbonyl (C=O) groups excluding carboxylic acids is 1. The molecular weight excluding hydrogens is 175 g/mol. The van der Waals surface area contributed by atoms with E-state index in [1.54, 1.807) is 19.4 Å². The van der Waals surface area contributed by atoms with Gasteiger partial charge in [0.15, 0.2) is 0 Å². The molecule has 0 aromatic carbocycles. The van der Waals surface area contributed by atoms with Crippen molar-refractivity contribution < 1.29 is 43.7 Å². The van der Waals surface area contributed by atoms with Crippen molar-refractivity contribution in [1.82, 2.24) is 0 Å². The van der Waals surface area contributed by atoms with Gasteiger partial charge in [0, 0.05) is 29.3 Å². The van der Waals surface area contributed by atoms with E-state index in [0.29, 0.717) is 6.42 Å². The van der Waals surface area contributed by atoms with Crippen LogP contribution in [0.3, 0.4) is 0 Å². The average Bonchev–Trinajstić information content (AvgIpc) is 1.62. The molecule has 0 atom stereocenters. The van der Waals surface area contributed by atoms with Crippen LogP contribution in [-0.4, -0.2) is 22.7 Å². The van der Waals surface area contributed by atoms with E-state index < -0.39 is 16.8 Å². The van der Waals surface area contributed by atoms with Crippen molar-refractivity contribution in [3.05, 3.63) is 0 Å². The molecule has 0 rings (SSSR count). The SMILES string of the molecule is CCCC(=O)[O-].CS(C)=O.[Na+]. The third-order valence-corrected chi connectivity index (χ3v) is 0.454. The maximum Gasteiger partial charge on any atom is 1.00 e. The van der Waals surface area contributed by atoms with Gasteiger partial charge in [-0.25, -0.2) is 0 Å². The molecule has 5 heteroatoms. The Morgan fingerprint density at radius 2 is 1.73 bits per heavy atom. The summed E-state index contributed by atoms with van der Waals surface area (Å²) in [5.74, 6) is -0.961. The molecule has 0 fully saturated rings. The van der Waals surface area contributed by atoms with Gasteiger partial charge in [-0.15, -0.1) is 0 Å². The molecule has 0 aliphatic carbocycles. The van der Waals surface area contributed by atoms with Gasteiger partial charge in [-0.1, -0.05) is 13.3 Å². The Bertz CT molecular complexity index is 112. The standard InChI is InChI=1S/C4H8O2.C2H6OS.Na/c1-2-3-4(5)6;1-4(2)3;/h2-3H2,1H3,(H,5,6);1-2H3;/q;;+1/p-1. The largest absolute Gasteiger partial charge is 1.00 e. The minimum absolute atomic E-state index is 0. The Kier molecular flexibility index (Phi) is 21.2. The Morgan fingerprint density at radius 1 is 1.45 bits per heavy atom. The maximum atomic E-state index is 9.56. The summed E-state index contributed by atoms with van der Waals surface area (Å²) in [5, 5.41) is 9.49. The molecule has 0 amide bonds. The van der Waals surface area contributed by atoms with Crippen molar-refractivity contribution in [1.29, 1.82) is 0 Å². The maximum absolute atomic E-state index is 9.56. The fourth-order valence-corrected chi connectivity index (χ4v) is 0.204. The van der Waals surface area contributed by atoms with E-state index in [9.17, 15) is 14.1 Å². The molecule has 3 nitrogen and oxygen atoms in total. The molecule has 0 unspecified atom stereocenters. The third-order valence-electron chi connectivity index (χ3n) is 0.454. The van der Waals surface area contributed by atoms with E-state index in [4.69, 9.17) is 0 Å². The van der Waals surface area contributed by atoms with Gasteiger partial charge >= 0.3 is 29.6 Å². The molecule has 0 aliphatic rings. The van der Waals surface area contributed by atoms with Gasteiger partial charge in [-0.3, -0.25) is 4.21 Å². The van der Waals surface area contributed by atoms with E-state index in [2.05, 4.69) is 0 Å². The Hall–Kier alpha value is 0.620. The van der Waals surface area contributed by atoms with E-state index >= 15 is 0 Å². The first-order chi connectivity index (χ1) is 4.50. The molecule has 0 aliphatic heterocycles. The van der Waals surface area contributed by atoms with Crippen LogP contribution in [0.5, 0.6) is 0 Å². The number of rotatable bonds is 2. The van der Waals surface area contributed by atoms with Gasteiger partial charge in [-0.05, 0) is 6.42 Å². The van der Waals surface area contributed by atoms with Crippen LogP contribution in [0.25, 0.3) is 0 Å². The van der Waals surface area contributed by atoms with Crippen LogP contribution in [0.4, 0.5) is 0 Å². The molecule has 62 valence electrons. The van der Waals surface area contributed by atoms with Gasteiger partial charge in [0.25, 0.3) is 0 Å². The molecule has 0 N–H and O–H groups in total. The minimum Gasteiger partial charge on any atom is -0.550 e. The molecule has 0 spiro atoms. The second-order valence-corrected chi connectivity index (χ2v) is 3.35. The molecule has 11 heavy (non-hydrogen) atoms. The summed E-state index contributed by atoms with van der Waals surface area (Å²) in [5.41, 5.74) is 0. The minimum atomic E-state index is -0.961. The fraction of sp³-hybridized carbons (Fsp3) is 0.833. The smallest absolute Gasteiger partial charge is 0.550 e. The van der Waals surface area contributed by atoms with Crippen molar-refractivity contribution in [3.8, 4) is 0 Å². The molecule has 0 saturated heterocycles. The zero-order valence-electron chi connectivity index (χ0n) is 7.55. The van der Waals surface area contributed by atoms with Crippen LogP contribution in [0.1, 0.15) is 19.8 Å². The van der Waals surface area contributed by atoms with Gasteiger partial charge in [-0.2, -0.15) is 0 Å². The Labute approximate surface area is 92.3 Å². The zero-order chi connectivity index (χ0) is 8.57. The number of hydrogen-bond acceptors (Lipinski definition) is 3. The molecule has 0 aromatic rings. The number of aliphatic carboxylic acids is 1. The molecule has 0 radical (unpaired) electrons. The predicted octanol–water partition coefficient (Wildman–Crippen LogP) is -3.46. The summed E-state index contributed by atoms with van der Waals surface area (Å²) in [6, 6.07) is 0. The zero-order valence-corrected chi connectivity index (χ0v) is 10.4. The van der Waals surface area contributed by atoms with E-state index in [-0.39, 0.29) is 36.0 Å². The van der Waals surface area contributed by atoms with Crippen LogP contribution in [0, 0.1) is 0 Å². The van der Waals surface area contributed by atoms with Gasteiger partial charge < -0.3 is 9.90 Å². The number of carboxylic acid groups (broad SMARTS) is 1. The summed E-state index contributed by atoms with van der Waals surface area (Å²) >= 11 is 0. The number of hydrogen-bond donors (Lipinski definition) is 0. The predicted molar refractivity (Wildman–Crippen MR) is 39.9 cm³/mol. The first-order valence-electron chi connectivity index (χ1n) is 2.95. The molecule has 0 saturated carbocycles. The number of carboxylic acids is 1. The molecule has 0 aromatic heterocycles. The van der Waals surface area contributed by atoms with Crippen molar-refractivity contribution >= 4 is 16.8 Å². The van der Waals surface area contributed by atoms with Gasteiger partial charge in [0.1, 0.15) is 0 Å². The normalized spacial score (nSPS) is 7.64. The van der Waals surface area contributed by atoms with Crippen LogP contribution < -0.4 is 34.7 Å². The Morgan fingerprint density at radius 3 is 1.73 bits per heavy atom. The fourth-order valence-electron chi connectivity index (χ4n) is 0.204. The molecule has 0 bridgehead atoms.